The largest absolute Gasteiger partial charge is 0.383 e. The van der Waals surface area contributed by atoms with E-state index in [0.29, 0.717) is 12.6 Å². The molecule has 2 aliphatic rings. The first-order valence-corrected chi connectivity index (χ1v) is 5.87. The first kappa shape index (κ1) is 10.7. The molecular weight excluding hydrogens is 192 g/mol. The van der Waals surface area contributed by atoms with Crippen molar-refractivity contribution in [2.45, 2.75) is 31.7 Å². The van der Waals surface area contributed by atoms with Crippen LogP contribution in [0, 0.1) is 0 Å². The summed E-state index contributed by atoms with van der Waals surface area (Å²) in [5.41, 5.74) is 0. The van der Waals surface area contributed by atoms with Gasteiger partial charge in [0.1, 0.15) is 0 Å². The molecule has 0 atom stereocenters. The molecule has 1 aliphatic heterocycles. The minimum atomic E-state index is 0.229. The number of likely N-dealkylation sites (tertiary alicyclic amines) is 1. The minimum absolute atomic E-state index is 0.229. The van der Waals surface area contributed by atoms with Gasteiger partial charge >= 0.3 is 6.03 Å². The molecule has 2 rings (SSSR count). The molecule has 0 aromatic heterocycles. The van der Waals surface area contributed by atoms with Gasteiger partial charge in [0.25, 0.3) is 0 Å². The highest BCUT2D eigenvalue weighted by atomic mass is 16.5. The van der Waals surface area contributed by atoms with Crippen LogP contribution in [0.5, 0.6) is 0 Å². The van der Waals surface area contributed by atoms with Crippen LogP contribution < -0.4 is 0 Å². The lowest BCUT2D eigenvalue weighted by molar-refractivity contribution is 0.127. The molecule has 1 saturated heterocycles. The van der Waals surface area contributed by atoms with E-state index in [9.17, 15) is 4.79 Å². The molecule has 0 spiro atoms. The van der Waals surface area contributed by atoms with Gasteiger partial charge in [-0.15, -0.1) is 0 Å². The standard InChI is InChI=1S/C11H20N2O2/c1-15-9-8-13(10-4-5-10)11(14)12-6-2-3-7-12/h10H,2-9H2,1H3. The maximum Gasteiger partial charge on any atom is 0.320 e. The Kier molecular flexibility index (Phi) is 3.46. The molecule has 1 aliphatic carbocycles. The number of amides is 2. The van der Waals surface area contributed by atoms with E-state index in [4.69, 9.17) is 4.74 Å². The number of carbonyl (C=O) groups excluding carboxylic acids is 1. The summed E-state index contributed by atoms with van der Waals surface area (Å²) in [5, 5.41) is 0. The SMILES string of the molecule is COCCN(C(=O)N1CCCC1)C1CC1. The molecule has 0 radical (unpaired) electrons. The van der Waals surface area contributed by atoms with Crippen LogP contribution >= 0.6 is 0 Å². The molecular formula is C11H20N2O2. The maximum absolute atomic E-state index is 12.1. The smallest absolute Gasteiger partial charge is 0.320 e. The van der Waals surface area contributed by atoms with Crippen LogP contribution in [0.15, 0.2) is 0 Å². The second kappa shape index (κ2) is 4.84. The topological polar surface area (TPSA) is 32.8 Å². The van der Waals surface area contributed by atoms with Gasteiger partial charge in [0.05, 0.1) is 6.61 Å². The zero-order valence-corrected chi connectivity index (χ0v) is 9.45. The fraction of sp³-hybridized carbons (Fsp3) is 0.909. The van der Waals surface area contributed by atoms with Crippen molar-refractivity contribution >= 4 is 6.03 Å². The van der Waals surface area contributed by atoms with E-state index in [1.165, 1.54) is 12.8 Å². The summed E-state index contributed by atoms with van der Waals surface area (Å²) in [5.74, 6) is 0. The van der Waals surface area contributed by atoms with Crippen LogP contribution in [-0.4, -0.2) is 55.2 Å². The van der Waals surface area contributed by atoms with Crippen LogP contribution in [0.2, 0.25) is 0 Å². The highest BCUT2D eigenvalue weighted by Crippen LogP contribution is 2.28. The number of rotatable bonds is 4. The normalized spacial score (nSPS) is 20.7. The summed E-state index contributed by atoms with van der Waals surface area (Å²) >= 11 is 0. The van der Waals surface area contributed by atoms with E-state index in [-0.39, 0.29) is 6.03 Å². The number of methoxy groups -OCH3 is 1. The van der Waals surface area contributed by atoms with Gasteiger partial charge in [-0.25, -0.2) is 4.79 Å². The number of hydrogen-bond donors (Lipinski definition) is 0. The van der Waals surface area contributed by atoms with E-state index in [0.717, 1.165) is 32.5 Å². The second-order valence-electron chi connectivity index (χ2n) is 4.39. The maximum atomic E-state index is 12.1. The van der Waals surface area contributed by atoms with Gasteiger partial charge in [0.2, 0.25) is 0 Å². The third-order valence-corrected chi connectivity index (χ3v) is 3.15. The van der Waals surface area contributed by atoms with Crippen molar-refractivity contribution in [1.29, 1.82) is 0 Å². The summed E-state index contributed by atoms with van der Waals surface area (Å²) < 4.78 is 5.05. The predicted molar refractivity (Wildman–Crippen MR) is 57.8 cm³/mol. The zero-order valence-electron chi connectivity index (χ0n) is 9.45. The number of ether oxygens (including phenoxy) is 1. The van der Waals surface area contributed by atoms with Gasteiger partial charge in [-0.05, 0) is 25.7 Å². The number of urea groups is 1. The van der Waals surface area contributed by atoms with Crippen molar-refractivity contribution in [1.82, 2.24) is 9.80 Å². The third-order valence-electron chi connectivity index (χ3n) is 3.15. The lowest BCUT2D eigenvalue weighted by atomic mass is 10.4. The molecule has 0 aromatic carbocycles. The van der Waals surface area contributed by atoms with E-state index < -0.39 is 0 Å². The van der Waals surface area contributed by atoms with Gasteiger partial charge in [-0.2, -0.15) is 0 Å². The average molecular weight is 212 g/mol. The van der Waals surface area contributed by atoms with Crippen LogP contribution in [0.3, 0.4) is 0 Å². The van der Waals surface area contributed by atoms with Crippen LogP contribution in [0.25, 0.3) is 0 Å². The van der Waals surface area contributed by atoms with Gasteiger partial charge in [0.15, 0.2) is 0 Å². The Bertz CT molecular complexity index is 223. The Morgan fingerprint density at radius 1 is 1.40 bits per heavy atom. The molecule has 2 fully saturated rings. The third kappa shape index (κ3) is 2.62. The van der Waals surface area contributed by atoms with Gasteiger partial charge in [0, 0.05) is 32.8 Å². The second-order valence-corrected chi connectivity index (χ2v) is 4.39. The van der Waals surface area contributed by atoms with Crippen LogP contribution in [0.4, 0.5) is 4.79 Å². The van der Waals surface area contributed by atoms with Crippen molar-refractivity contribution in [2.75, 3.05) is 33.4 Å². The Hall–Kier alpha value is -0.770. The Labute approximate surface area is 91.2 Å². The molecule has 0 N–H and O–H groups in total. The summed E-state index contributed by atoms with van der Waals surface area (Å²) in [6, 6.07) is 0.723. The van der Waals surface area contributed by atoms with Crippen LogP contribution in [-0.2, 0) is 4.74 Å². The molecule has 4 nitrogen and oxygen atoms in total. The summed E-state index contributed by atoms with van der Waals surface area (Å²) in [6.07, 6.45) is 4.66. The molecule has 86 valence electrons. The van der Waals surface area contributed by atoms with Gasteiger partial charge in [-0.1, -0.05) is 0 Å². The molecule has 0 aromatic rings. The van der Waals surface area contributed by atoms with Crippen LogP contribution in [0.1, 0.15) is 25.7 Å². The average Bonchev–Trinajstić information content (AvgIpc) is 2.94. The Morgan fingerprint density at radius 3 is 2.60 bits per heavy atom. The Morgan fingerprint density at radius 2 is 2.07 bits per heavy atom. The van der Waals surface area contributed by atoms with Gasteiger partial charge in [-0.3, -0.25) is 0 Å². The van der Waals surface area contributed by atoms with Crippen molar-refractivity contribution in [3.63, 3.8) is 0 Å². The quantitative estimate of drug-likeness (QED) is 0.704. The van der Waals surface area contributed by atoms with Crippen molar-refractivity contribution in [3.05, 3.63) is 0 Å². The summed E-state index contributed by atoms with van der Waals surface area (Å²) in [6.45, 7) is 3.27. The van der Waals surface area contributed by atoms with E-state index >= 15 is 0 Å². The monoisotopic (exact) mass is 212 g/mol. The van der Waals surface area contributed by atoms with Crippen molar-refractivity contribution in [3.8, 4) is 0 Å². The zero-order chi connectivity index (χ0) is 10.7. The fourth-order valence-corrected chi connectivity index (χ4v) is 2.10. The summed E-state index contributed by atoms with van der Waals surface area (Å²) in [4.78, 5) is 16.1. The molecule has 2 amide bonds. The number of hydrogen-bond acceptors (Lipinski definition) is 2. The number of carbonyl (C=O) groups is 1. The molecule has 0 bridgehead atoms. The fourth-order valence-electron chi connectivity index (χ4n) is 2.10. The number of nitrogens with zero attached hydrogens (tertiary/aromatic N) is 2. The van der Waals surface area contributed by atoms with E-state index in [1.54, 1.807) is 7.11 Å². The molecule has 0 unspecified atom stereocenters. The molecule has 4 heteroatoms. The molecule has 1 heterocycles. The van der Waals surface area contributed by atoms with E-state index in [2.05, 4.69) is 0 Å². The minimum Gasteiger partial charge on any atom is -0.383 e. The summed E-state index contributed by atoms with van der Waals surface area (Å²) in [7, 11) is 1.69. The predicted octanol–water partition coefficient (Wildman–Crippen LogP) is 1.31. The highest BCUT2D eigenvalue weighted by molar-refractivity contribution is 5.75. The van der Waals surface area contributed by atoms with Crippen molar-refractivity contribution < 1.29 is 9.53 Å². The highest BCUT2D eigenvalue weighted by Gasteiger charge is 2.35. The molecule has 15 heavy (non-hydrogen) atoms. The van der Waals surface area contributed by atoms with Gasteiger partial charge < -0.3 is 14.5 Å². The first-order valence-electron chi connectivity index (χ1n) is 5.87. The molecule has 1 saturated carbocycles. The van der Waals surface area contributed by atoms with Crippen molar-refractivity contribution in [2.24, 2.45) is 0 Å². The lowest BCUT2D eigenvalue weighted by Crippen LogP contribution is -2.44. The van der Waals surface area contributed by atoms with E-state index in [1.807, 2.05) is 9.80 Å². The Balaban J connectivity index is 1.87. The first-order chi connectivity index (χ1) is 7.33. The lowest BCUT2D eigenvalue weighted by Gasteiger charge is -2.27.